The van der Waals surface area contributed by atoms with Gasteiger partial charge < -0.3 is 10.4 Å². The van der Waals surface area contributed by atoms with Crippen LogP contribution in [0.3, 0.4) is 0 Å². The summed E-state index contributed by atoms with van der Waals surface area (Å²) in [7, 11) is 0. The number of urea groups is 1. The second-order valence-electron chi connectivity index (χ2n) is 3.40. The zero-order valence-electron chi connectivity index (χ0n) is 8.80. The predicted octanol–water partition coefficient (Wildman–Crippen LogP) is 0.769. The van der Waals surface area contributed by atoms with Crippen molar-refractivity contribution in [1.29, 1.82) is 0 Å². The van der Waals surface area contributed by atoms with Gasteiger partial charge in [0.1, 0.15) is 11.6 Å². The number of rotatable bonds is 4. The van der Waals surface area contributed by atoms with Crippen molar-refractivity contribution in [3.63, 3.8) is 0 Å². The van der Waals surface area contributed by atoms with Gasteiger partial charge in [0.05, 0.1) is 0 Å². The maximum atomic E-state index is 11.4. The molecule has 16 heavy (non-hydrogen) atoms. The van der Waals surface area contributed by atoms with Crippen LogP contribution in [0.4, 0.5) is 9.93 Å². The highest BCUT2D eigenvalue weighted by atomic mass is 32.1. The molecule has 0 saturated carbocycles. The summed E-state index contributed by atoms with van der Waals surface area (Å²) in [5.74, 6) is -1.26. The summed E-state index contributed by atoms with van der Waals surface area (Å²) in [6.45, 7) is 3.42. The van der Waals surface area contributed by atoms with E-state index in [0.29, 0.717) is 5.13 Å². The van der Waals surface area contributed by atoms with E-state index < -0.39 is 18.0 Å². The second kappa shape index (κ2) is 5.40. The number of nitrogens with zero attached hydrogens (tertiary/aromatic N) is 2. The quantitative estimate of drug-likeness (QED) is 0.725. The first-order valence-electron chi connectivity index (χ1n) is 4.57. The highest BCUT2D eigenvalue weighted by molar-refractivity contribution is 7.13. The molecule has 3 N–H and O–H groups in total. The van der Waals surface area contributed by atoms with Crippen molar-refractivity contribution in [3.8, 4) is 0 Å². The monoisotopic (exact) mass is 244 g/mol. The van der Waals surface area contributed by atoms with E-state index in [4.69, 9.17) is 5.11 Å². The highest BCUT2D eigenvalue weighted by Crippen LogP contribution is 2.08. The van der Waals surface area contributed by atoms with Crippen LogP contribution in [0.15, 0.2) is 5.51 Å². The van der Waals surface area contributed by atoms with E-state index in [1.165, 1.54) is 5.51 Å². The molecule has 0 fully saturated rings. The first-order chi connectivity index (χ1) is 7.50. The zero-order chi connectivity index (χ0) is 12.1. The third-order valence-corrected chi connectivity index (χ3v) is 2.41. The van der Waals surface area contributed by atoms with E-state index in [-0.39, 0.29) is 5.92 Å². The van der Waals surface area contributed by atoms with Crippen LogP contribution >= 0.6 is 11.3 Å². The lowest BCUT2D eigenvalue weighted by Gasteiger charge is -2.17. The Morgan fingerprint density at radius 2 is 2.19 bits per heavy atom. The fraction of sp³-hybridized carbons (Fsp3) is 0.500. The average molecular weight is 244 g/mol. The summed E-state index contributed by atoms with van der Waals surface area (Å²) in [6, 6.07) is -1.52. The van der Waals surface area contributed by atoms with Gasteiger partial charge in [0.25, 0.3) is 0 Å². The summed E-state index contributed by atoms with van der Waals surface area (Å²) in [4.78, 5) is 22.2. The molecule has 2 amide bonds. The van der Waals surface area contributed by atoms with Gasteiger partial charge in [-0.25, -0.2) is 9.59 Å². The molecular weight excluding hydrogens is 232 g/mol. The van der Waals surface area contributed by atoms with Gasteiger partial charge in [-0.15, -0.1) is 10.2 Å². The molecule has 0 aliphatic carbocycles. The van der Waals surface area contributed by atoms with Crippen LogP contribution in [0, 0.1) is 5.92 Å². The minimum atomic E-state index is -1.07. The number of amides is 2. The lowest BCUT2D eigenvalue weighted by Crippen LogP contribution is -2.46. The molecule has 0 aromatic carbocycles. The van der Waals surface area contributed by atoms with E-state index in [1.807, 2.05) is 0 Å². The maximum Gasteiger partial charge on any atom is 0.326 e. The van der Waals surface area contributed by atoms with Crippen LogP contribution in [-0.2, 0) is 4.79 Å². The van der Waals surface area contributed by atoms with Gasteiger partial charge >= 0.3 is 12.0 Å². The van der Waals surface area contributed by atoms with Crippen LogP contribution < -0.4 is 10.6 Å². The lowest BCUT2D eigenvalue weighted by molar-refractivity contribution is -0.140. The number of nitrogens with one attached hydrogen (secondary N) is 2. The second-order valence-corrected chi connectivity index (χ2v) is 4.24. The minimum Gasteiger partial charge on any atom is -0.480 e. The molecule has 0 aliphatic heterocycles. The summed E-state index contributed by atoms with van der Waals surface area (Å²) in [5, 5.41) is 21.0. The third-order valence-electron chi connectivity index (χ3n) is 1.80. The van der Waals surface area contributed by atoms with Gasteiger partial charge in [-0.05, 0) is 5.92 Å². The number of carboxylic acids is 1. The van der Waals surface area contributed by atoms with Crippen LogP contribution in [0.25, 0.3) is 0 Å². The number of carboxylic acid groups (broad SMARTS) is 1. The van der Waals surface area contributed by atoms with Gasteiger partial charge in [0.2, 0.25) is 5.13 Å². The van der Waals surface area contributed by atoms with Crippen molar-refractivity contribution < 1.29 is 14.7 Å². The van der Waals surface area contributed by atoms with Crippen LogP contribution in [0.2, 0.25) is 0 Å². The smallest absolute Gasteiger partial charge is 0.326 e. The standard InChI is InChI=1S/C8H12N4O3S/c1-4(2)5(6(13)14)10-7(15)11-8-12-9-3-16-8/h3-5H,1-2H3,(H,13,14)(H2,10,11,12,15)/t5-/m1/s1. The molecule has 1 atom stereocenters. The summed E-state index contributed by atoms with van der Waals surface area (Å²) < 4.78 is 0. The van der Waals surface area contributed by atoms with Gasteiger partial charge in [0.15, 0.2) is 0 Å². The number of anilines is 1. The van der Waals surface area contributed by atoms with E-state index in [9.17, 15) is 9.59 Å². The SMILES string of the molecule is CC(C)[C@@H](NC(=O)Nc1nncs1)C(=O)O. The Balaban J connectivity index is 2.52. The van der Waals surface area contributed by atoms with E-state index in [1.54, 1.807) is 13.8 Å². The Morgan fingerprint density at radius 1 is 1.50 bits per heavy atom. The van der Waals surface area contributed by atoms with Crippen molar-refractivity contribution in [3.05, 3.63) is 5.51 Å². The topological polar surface area (TPSA) is 104 Å². The third kappa shape index (κ3) is 3.46. The van der Waals surface area contributed by atoms with Crippen molar-refractivity contribution in [2.45, 2.75) is 19.9 Å². The first-order valence-corrected chi connectivity index (χ1v) is 5.45. The molecule has 0 aliphatic rings. The number of aromatic nitrogens is 2. The Labute approximate surface area is 95.9 Å². The predicted molar refractivity (Wildman–Crippen MR) is 58.3 cm³/mol. The normalized spacial score (nSPS) is 12.2. The molecule has 7 nitrogen and oxygen atoms in total. The molecule has 88 valence electrons. The van der Waals surface area contributed by atoms with Crippen LogP contribution in [-0.4, -0.2) is 33.3 Å². The highest BCUT2D eigenvalue weighted by Gasteiger charge is 2.23. The number of aliphatic carboxylic acids is 1. The maximum absolute atomic E-state index is 11.4. The summed E-state index contributed by atoms with van der Waals surface area (Å²) >= 11 is 1.15. The van der Waals surface area contributed by atoms with Crippen molar-refractivity contribution in [2.75, 3.05) is 5.32 Å². The molecule has 0 bridgehead atoms. The lowest BCUT2D eigenvalue weighted by atomic mass is 10.1. The fourth-order valence-corrected chi connectivity index (χ4v) is 1.46. The largest absolute Gasteiger partial charge is 0.480 e. The number of hydrogen-bond acceptors (Lipinski definition) is 5. The molecule has 1 heterocycles. The van der Waals surface area contributed by atoms with Crippen molar-refractivity contribution in [2.24, 2.45) is 5.92 Å². The van der Waals surface area contributed by atoms with Crippen LogP contribution in [0.1, 0.15) is 13.8 Å². The Kier molecular flexibility index (Phi) is 4.18. The average Bonchev–Trinajstić information content (AvgIpc) is 2.65. The van der Waals surface area contributed by atoms with E-state index in [2.05, 4.69) is 20.8 Å². The molecule has 0 unspecified atom stereocenters. The number of carbonyl (C=O) groups excluding carboxylic acids is 1. The van der Waals surface area contributed by atoms with Crippen LogP contribution in [0.5, 0.6) is 0 Å². The molecule has 0 saturated heterocycles. The Bertz CT molecular complexity index is 365. The summed E-state index contributed by atoms with van der Waals surface area (Å²) in [5.41, 5.74) is 1.47. The molecule has 0 radical (unpaired) electrons. The molecule has 1 rings (SSSR count). The Morgan fingerprint density at radius 3 is 2.62 bits per heavy atom. The van der Waals surface area contributed by atoms with Gasteiger partial charge in [0, 0.05) is 0 Å². The van der Waals surface area contributed by atoms with Gasteiger partial charge in [-0.3, -0.25) is 5.32 Å². The van der Waals surface area contributed by atoms with Crippen molar-refractivity contribution >= 4 is 28.5 Å². The van der Waals surface area contributed by atoms with Gasteiger partial charge in [-0.2, -0.15) is 0 Å². The summed E-state index contributed by atoms with van der Waals surface area (Å²) in [6.07, 6.45) is 0. The zero-order valence-corrected chi connectivity index (χ0v) is 9.61. The van der Waals surface area contributed by atoms with Crippen molar-refractivity contribution in [1.82, 2.24) is 15.5 Å². The van der Waals surface area contributed by atoms with E-state index >= 15 is 0 Å². The minimum absolute atomic E-state index is 0.197. The fourth-order valence-electron chi connectivity index (χ4n) is 1.02. The molecule has 1 aromatic heterocycles. The van der Waals surface area contributed by atoms with E-state index in [0.717, 1.165) is 11.3 Å². The van der Waals surface area contributed by atoms with Gasteiger partial charge in [-0.1, -0.05) is 25.2 Å². The molecule has 8 heteroatoms. The first kappa shape index (κ1) is 12.4. The molecule has 0 spiro atoms. The Hall–Kier alpha value is -1.70. The number of carbonyl (C=O) groups is 2. The molecule has 1 aromatic rings. The number of hydrogen-bond donors (Lipinski definition) is 3. The molecular formula is C8H12N4O3S.